The van der Waals surface area contributed by atoms with Crippen molar-refractivity contribution in [1.29, 1.82) is 0 Å². The maximum absolute atomic E-state index is 11.8. The molecule has 1 amide bonds. The van der Waals surface area contributed by atoms with E-state index in [1.54, 1.807) is 36.4 Å². The van der Waals surface area contributed by atoms with Crippen LogP contribution in [0.4, 0.5) is 5.69 Å². The van der Waals surface area contributed by atoms with E-state index in [0.717, 1.165) is 16.1 Å². The summed E-state index contributed by atoms with van der Waals surface area (Å²) in [6.07, 6.45) is 0.909. The maximum Gasteiger partial charge on any atom is 0.296 e. The van der Waals surface area contributed by atoms with E-state index >= 15 is 0 Å². The molecule has 0 saturated carbocycles. The molecule has 0 atom stereocenters. The van der Waals surface area contributed by atoms with E-state index in [1.165, 1.54) is 0 Å². The molecule has 2 rings (SSSR count). The fourth-order valence-electron chi connectivity index (χ4n) is 1.72. The number of anilines is 1. The van der Waals surface area contributed by atoms with Crippen LogP contribution in [0.5, 0.6) is 0 Å². The third-order valence-electron chi connectivity index (χ3n) is 2.94. The summed E-state index contributed by atoms with van der Waals surface area (Å²) in [6.45, 7) is 1.93. The number of nitrogens with one attached hydrogen (secondary N) is 1. The smallest absolute Gasteiger partial charge is 0.296 e. The topological polar surface area (TPSA) is 66.4 Å². The van der Waals surface area contributed by atoms with Gasteiger partial charge < -0.3 is 10.4 Å². The Bertz CT molecular complexity index is 719. The highest BCUT2D eigenvalue weighted by atomic mass is 79.9. The summed E-state index contributed by atoms with van der Waals surface area (Å²) in [6, 6.07) is 13.8. The highest BCUT2D eigenvalue weighted by molar-refractivity contribution is 9.10. The molecule has 112 valence electrons. The number of aliphatic hydroxyl groups excluding tert-OH is 1. The lowest BCUT2D eigenvalue weighted by atomic mass is 10.1. The van der Waals surface area contributed by atoms with Crippen molar-refractivity contribution in [1.82, 2.24) is 0 Å². The summed E-state index contributed by atoms with van der Waals surface area (Å²) in [4.78, 5) is 23.6. The molecule has 0 radical (unpaired) electrons. The molecule has 2 N–H and O–H groups in total. The van der Waals surface area contributed by atoms with Crippen molar-refractivity contribution < 1.29 is 14.7 Å². The maximum atomic E-state index is 11.8. The van der Waals surface area contributed by atoms with Gasteiger partial charge in [0.2, 0.25) is 5.78 Å². The fourth-order valence-corrected chi connectivity index (χ4v) is 1.99. The molecule has 0 heterocycles. The van der Waals surface area contributed by atoms with Gasteiger partial charge in [-0.3, -0.25) is 9.59 Å². The van der Waals surface area contributed by atoms with Gasteiger partial charge in [-0.2, -0.15) is 0 Å². The Kier molecular flexibility index (Phi) is 5.12. The van der Waals surface area contributed by atoms with Crippen LogP contribution in [0.2, 0.25) is 0 Å². The van der Waals surface area contributed by atoms with E-state index in [-0.39, 0.29) is 5.76 Å². The van der Waals surface area contributed by atoms with Crippen molar-refractivity contribution >= 4 is 39.1 Å². The summed E-state index contributed by atoms with van der Waals surface area (Å²) in [7, 11) is 0. The minimum Gasteiger partial charge on any atom is -0.507 e. The lowest BCUT2D eigenvalue weighted by Gasteiger charge is -2.04. The Morgan fingerprint density at radius 2 is 1.64 bits per heavy atom. The molecule has 0 saturated heterocycles. The van der Waals surface area contributed by atoms with Crippen LogP contribution in [0.1, 0.15) is 11.1 Å². The second kappa shape index (κ2) is 7.04. The normalized spacial score (nSPS) is 11.1. The first-order valence-electron chi connectivity index (χ1n) is 6.54. The minimum absolute atomic E-state index is 0.253. The van der Waals surface area contributed by atoms with Crippen molar-refractivity contribution in [2.45, 2.75) is 6.92 Å². The van der Waals surface area contributed by atoms with E-state index in [0.29, 0.717) is 11.3 Å². The first-order valence-corrected chi connectivity index (χ1v) is 7.33. The Morgan fingerprint density at radius 3 is 2.23 bits per heavy atom. The average molecular weight is 360 g/mol. The number of hydrogen-bond donors (Lipinski definition) is 2. The summed E-state index contributed by atoms with van der Waals surface area (Å²) in [5.41, 5.74) is 2.04. The van der Waals surface area contributed by atoms with Crippen LogP contribution in [0.3, 0.4) is 0 Å². The van der Waals surface area contributed by atoms with Crippen LogP contribution >= 0.6 is 15.9 Å². The van der Waals surface area contributed by atoms with E-state index < -0.39 is 11.7 Å². The fraction of sp³-hybridized carbons (Fsp3) is 0.0588. The van der Waals surface area contributed by atoms with Crippen molar-refractivity contribution in [3.63, 3.8) is 0 Å². The van der Waals surface area contributed by atoms with E-state index in [2.05, 4.69) is 21.2 Å². The molecule has 4 nitrogen and oxygen atoms in total. The van der Waals surface area contributed by atoms with Crippen molar-refractivity contribution in [2.24, 2.45) is 0 Å². The number of benzene rings is 2. The van der Waals surface area contributed by atoms with Crippen molar-refractivity contribution in [2.75, 3.05) is 5.32 Å². The van der Waals surface area contributed by atoms with Gasteiger partial charge in [0.05, 0.1) is 0 Å². The number of aryl methyl sites for hydroxylation is 1. The number of ketones is 1. The first kappa shape index (κ1) is 16.0. The summed E-state index contributed by atoms with van der Waals surface area (Å²) >= 11 is 3.28. The Labute approximate surface area is 136 Å². The second-order valence-corrected chi connectivity index (χ2v) is 5.64. The molecule has 5 heteroatoms. The number of amides is 1. The number of carbonyl (C=O) groups excluding carboxylic acids is 2. The molecule has 0 aliphatic heterocycles. The van der Waals surface area contributed by atoms with Gasteiger partial charge in [0.25, 0.3) is 5.91 Å². The molecule has 0 aliphatic rings. The molecule has 0 spiro atoms. The molecular formula is C17H14BrNO3. The van der Waals surface area contributed by atoms with Gasteiger partial charge in [0, 0.05) is 21.8 Å². The van der Waals surface area contributed by atoms with Gasteiger partial charge in [-0.15, -0.1) is 0 Å². The van der Waals surface area contributed by atoms with Crippen LogP contribution in [-0.4, -0.2) is 16.8 Å². The zero-order valence-corrected chi connectivity index (χ0v) is 13.4. The van der Waals surface area contributed by atoms with Gasteiger partial charge in [-0.1, -0.05) is 45.8 Å². The van der Waals surface area contributed by atoms with Gasteiger partial charge in [-0.05, 0) is 31.2 Å². The lowest BCUT2D eigenvalue weighted by Crippen LogP contribution is -2.21. The van der Waals surface area contributed by atoms with Crippen LogP contribution in [-0.2, 0) is 9.59 Å². The Hall–Kier alpha value is -2.40. The summed E-state index contributed by atoms with van der Waals surface area (Å²) in [5.74, 6) is -1.87. The molecule has 0 fully saturated rings. The molecule has 0 unspecified atom stereocenters. The SMILES string of the molecule is Cc1ccc(NC(=O)C(=O)C=C(O)c2ccc(Br)cc2)cc1. The zero-order chi connectivity index (χ0) is 16.1. The highest BCUT2D eigenvalue weighted by Gasteiger charge is 2.13. The van der Waals surface area contributed by atoms with Gasteiger partial charge in [-0.25, -0.2) is 0 Å². The van der Waals surface area contributed by atoms with Crippen LogP contribution in [0, 0.1) is 6.92 Å². The zero-order valence-electron chi connectivity index (χ0n) is 11.8. The molecule has 2 aromatic carbocycles. The van der Waals surface area contributed by atoms with Crippen molar-refractivity contribution in [3.8, 4) is 0 Å². The van der Waals surface area contributed by atoms with Crippen molar-refractivity contribution in [3.05, 3.63) is 70.2 Å². The van der Waals surface area contributed by atoms with Gasteiger partial charge in [0.1, 0.15) is 5.76 Å². The van der Waals surface area contributed by atoms with Gasteiger partial charge in [0.15, 0.2) is 0 Å². The quantitative estimate of drug-likeness (QED) is 0.494. The average Bonchev–Trinajstić information content (AvgIpc) is 2.50. The standard InChI is InChI=1S/C17H14BrNO3/c1-11-2-8-14(9-3-11)19-17(22)16(21)10-15(20)12-4-6-13(18)7-5-12/h2-10,20H,1H3,(H,19,22). The number of aliphatic hydroxyl groups is 1. The van der Waals surface area contributed by atoms with Crippen LogP contribution in [0.15, 0.2) is 59.1 Å². The summed E-state index contributed by atoms with van der Waals surface area (Å²) < 4.78 is 0.854. The third-order valence-corrected chi connectivity index (χ3v) is 3.47. The number of carbonyl (C=O) groups is 2. The van der Waals surface area contributed by atoms with E-state index in [4.69, 9.17) is 0 Å². The number of hydrogen-bond acceptors (Lipinski definition) is 3. The van der Waals surface area contributed by atoms with Crippen LogP contribution < -0.4 is 5.32 Å². The van der Waals surface area contributed by atoms with E-state index in [9.17, 15) is 14.7 Å². The largest absolute Gasteiger partial charge is 0.507 e. The predicted octanol–water partition coefficient (Wildman–Crippen LogP) is 3.86. The molecular weight excluding hydrogens is 346 g/mol. The molecule has 0 aromatic heterocycles. The lowest BCUT2D eigenvalue weighted by molar-refractivity contribution is -0.131. The Morgan fingerprint density at radius 1 is 1.05 bits per heavy atom. The molecule has 0 bridgehead atoms. The van der Waals surface area contributed by atoms with E-state index in [1.807, 2.05) is 19.1 Å². The minimum atomic E-state index is -0.819. The second-order valence-electron chi connectivity index (χ2n) is 4.72. The molecule has 22 heavy (non-hydrogen) atoms. The summed E-state index contributed by atoms with van der Waals surface area (Å²) in [5, 5.41) is 12.4. The predicted molar refractivity (Wildman–Crippen MR) is 89.6 cm³/mol. The third kappa shape index (κ3) is 4.30. The van der Waals surface area contributed by atoms with Gasteiger partial charge >= 0.3 is 0 Å². The first-order chi connectivity index (χ1) is 10.5. The Balaban J connectivity index is 2.07. The number of rotatable bonds is 4. The number of halogens is 1. The van der Waals surface area contributed by atoms with Crippen LogP contribution in [0.25, 0.3) is 5.76 Å². The molecule has 0 aliphatic carbocycles. The molecule has 2 aromatic rings. The highest BCUT2D eigenvalue weighted by Crippen LogP contribution is 2.16. The monoisotopic (exact) mass is 359 g/mol.